The van der Waals surface area contributed by atoms with Crippen LogP contribution < -0.4 is 25.4 Å². The van der Waals surface area contributed by atoms with Gasteiger partial charge in [0.2, 0.25) is 12.0 Å². The van der Waals surface area contributed by atoms with Crippen LogP contribution in [0.25, 0.3) is 11.1 Å². The highest BCUT2D eigenvalue weighted by Crippen LogP contribution is 2.38. The van der Waals surface area contributed by atoms with Gasteiger partial charge in [0.05, 0.1) is 30.5 Å². The number of hydrogen-bond acceptors (Lipinski definition) is 8. The number of nitrogens with zero attached hydrogens (tertiary/aromatic N) is 1. The number of benzene rings is 5. The van der Waals surface area contributed by atoms with Crippen LogP contribution >= 0.6 is 23.2 Å². The van der Waals surface area contributed by atoms with Crippen LogP contribution in [0.3, 0.4) is 0 Å². The monoisotopic (exact) mass is 760 g/mol. The summed E-state index contributed by atoms with van der Waals surface area (Å²) < 4.78 is 17.1. The second kappa shape index (κ2) is 16.0. The number of ether oxygens (including phenoxy) is 3. The van der Waals surface area contributed by atoms with Gasteiger partial charge in [-0.05, 0) is 88.8 Å². The zero-order valence-corrected chi connectivity index (χ0v) is 30.5. The van der Waals surface area contributed by atoms with Gasteiger partial charge >= 0.3 is 5.97 Å². The summed E-state index contributed by atoms with van der Waals surface area (Å²) in [4.78, 5) is 39.5. The number of nitriles is 1. The van der Waals surface area contributed by atoms with E-state index in [-0.39, 0.29) is 24.8 Å². The molecule has 272 valence electrons. The Morgan fingerprint density at radius 1 is 0.944 bits per heavy atom. The Morgan fingerprint density at radius 3 is 2.37 bits per heavy atom. The molecule has 10 nitrogen and oxygen atoms in total. The zero-order chi connectivity index (χ0) is 37.8. The van der Waals surface area contributed by atoms with Crippen molar-refractivity contribution in [3.63, 3.8) is 0 Å². The molecule has 0 saturated heterocycles. The average molecular weight is 762 g/mol. The Labute approximate surface area is 322 Å². The lowest BCUT2D eigenvalue weighted by molar-refractivity contribution is -0.145. The lowest BCUT2D eigenvalue weighted by Crippen LogP contribution is -2.53. The van der Waals surface area contributed by atoms with E-state index in [1.807, 2.05) is 48.5 Å². The smallest absolute Gasteiger partial charge is 0.328 e. The lowest BCUT2D eigenvalue weighted by Gasteiger charge is -2.31. The molecule has 0 aromatic heterocycles. The molecule has 0 fully saturated rings. The molecule has 3 N–H and O–H groups in total. The number of amides is 2. The minimum Gasteiger partial charge on any atom is -0.489 e. The molecule has 0 saturated carbocycles. The molecule has 0 aliphatic carbocycles. The fourth-order valence-electron chi connectivity index (χ4n) is 6.49. The largest absolute Gasteiger partial charge is 0.489 e. The molecule has 2 aliphatic heterocycles. The fraction of sp³-hybridized carbons (Fsp3) is 0.190. The van der Waals surface area contributed by atoms with E-state index in [2.05, 4.69) is 22.0 Å². The summed E-state index contributed by atoms with van der Waals surface area (Å²) in [6, 6.07) is 31.6. The first-order valence-electron chi connectivity index (χ1n) is 17.2. The van der Waals surface area contributed by atoms with Crippen molar-refractivity contribution in [2.45, 2.75) is 44.2 Å². The Morgan fingerprint density at radius 2 is 1.67 bits per heavy atom. The van der Waals surface area contributed by atoms with Crippen LogP contribution in [-0.4, -0.2) is 37.0 Å². The quantitative estimate of drug-likeness (QED) is 0.128. The third-order valence-corrected chi connectivity index (χ3v) is 10.1. The van der Waals surface area contributed by atoms with E-state index in [4.69, 9.17) is 42.7 Å². The van der Waals surface area contributed by atoms with Gasteiger partial charge in [-0.25, -0.2) is 4.79 Å². The molecule has 1 unspecified atom stereocenters. The molecular weight excluding hydrogens is 727 g/mol. The number of carbonyl (C=O) groups is 3. The SMILES string of the molecule is COC(=O)[C@H](Cc1ccc(-c2ccc(C#N)cc2)cc1)NC(=O)C1Cc2cc3c(cc2CN1)O[C@@H](c1ccc(OCc2cc(Cl)ccc2Cl)cc1)C(=O)N3. The van der Waals surface area contributed by atoms with E-state index in [0.717, 1.165) is 33.4 Å². The van der Waals surface area contributed by atoms with Crippen molar-refractivity contribution in [2.75, 3.05) is 12.4 Å². The van der Waals surface area contributed by atoms with Gasteiger partial charge < -0.3 is 30.2 Å². The van der Waals surface area contributed by atoms with Gasteiger partial charge in [0.25, 0.3) is 5.91 Å². The first-order valence-corrected chi connectivity index (χ1v) is 17.9. The molecule has 0 spiro atoms. The van der Waals surface area contributed by atoms with Crippen molar-refractivity contribution >= 4 is 46.7 Å². The number of hydrogen-bond donors (Lipinski definition) is 3. The molecule has 0 radical (unpaired) electrons. The van der Waals surface area contributed by atoms with Gasteiger partial charge in [0, 0.05) is 34.1 Å². The molecule has 2 aliphatic rings. The van der Waals surface area contributed by atoms with Crippen LogP contribution in [0.15, 0.2) is 103 Å². The number of carbonyl (C=O) groups excluding carboxylic acids is 3. The molecule has 2 amide bonds. The maximum absolute atomic E-state index is 13.5. The van der Waals surface area contributed by atoms with E-state index in [9.17, 15) is 14.4 Å². The van der Waals surface area contributed by atoms with Crippen LogP contribution in [0.1, 0.15) is 39.5 Å². The summed E-state index contributed by atoms with van der Waals surface area (Å²) in [5, 5.41) is 19.3. The van der Waals surface area contributed by atoms with Crippen LogP contribution in [0.5, 0.6) is 11.5 Å². The molecule has 2 heterocycles. The van der Waals surface area contributed by atoms with Crippen molar-refractivity contribution in [3.8, 4) is 28.7 Å². The number of fused-ring (bicyclic) bond motifs is 2. The molecule has 0 bridgehead atoms. The molecule has 3 atom stereocenters. The highest BCUT2D eigenvalue weighted by atomic mass is 35.5. The second-order valence-corrected chi connectivity index (χ2v) is 13.9. The van der Waals surface area contributed by atoms with Crippen LogP contribution in [0.2, 0.25) is 10.0 Å². The Kier molecular flexibility index (Phi) is 10.8. The van der Waals surface area contributed by atoms with E-state index in [1.54, 1.807) is 54.6 Å². The van der Waals surface area contributed by atoms with Crippen LogP contribution in [-0.2, 0) is 45.1 Å². The highest BCUT2D eigenvalue weighted by Gasteiger charge is 2.33. The standard InChI is InChI=1S/C42H34Cl2N4O6/c1-52-42(51)37(16-24-2-6-26(7-3-24)27-8-4-25(21-45)5-9-27)48-40(49)36-19-29-18-35-38(20-30(29)22-46-36)54-39(41(50)47-35)28-10-13-33(14-11-28)53-23-31-17-32(43)12-15-34(31)44/h2-15,17-18,20,36-37,39,46H,16,19,22-23H2,1H3,(H,47,50)(H,48,49)/t36?,37-,39-/m0/s1. The minimum atomic E-state index is -0.901. The van der Waals surface area contributed by atoms with Crippen molar-refractivity contribution in [1.82, 2.24) is 10.6 Å². The summed E-state index contributed by atoms with van der Waals surface area (Å²) in [5.74, 6) is -0.0982. The predicted octanol–water partition coefficient (Wildman–Crippen LogP) is 7.10. The first kappa shape index (κ1) is 36.5. The number of anilines is 1. The summed E-state index contributed by atoms with van der Waals surface area (Å²) in [6.45, 7) is 0.613. The van der Waals surface area contributed by atoms with Gasteiger partial charge in [-0.2, -0.15) is 5.26 Å². The third kappa shape index (κ3) is 8.19. The maximum Gasteiger partial charge on any atom is 0.328 e. The number of rotatable bonds is 10. The van der Waals surface area contributed by atoms with Gasteiger partial charge in [-0.15, -0.1) is 0 Å². The minimum absolute atomic E-state index is 0.233. The fourth-order valence-corrected chi connectivity index (χ4v) is 6.86. The van der Waals surface area contributed by atoms with Crippen molar-refractivity contribution < 1.29 is 28.6 Å². The van der Waals surface area contributed by atoms with Gasteiger partial charge in [-0.1, -0.05) is 71.7 Å². The average Bonchev–Trinajstić information content (AvgIpc) is 3.20. The number of methoxy groups -OCH3 is 1. The third-order valence-electron chi connectivity index (χ3n) is 9.45. The first-order chi connectivity index (χ1) is 26.2. The summed E-state index contributed by atoms with van der Waals surface area (Å²) in [6.07, 6.45) is -0.298. The Hall–Kier alpha value is -5.86. The molecule has 7 rings (SSSR count). The highest BCUT2D eigenvalue weighted by molar-refractivity contribution is 6.33. The van der Waals surface area contributed by atoms with Crippen LogP contribution in [0, 0.1) is 11.3 Å². The summed E-state index contributed by atoms with van der Waals surface area (Å²) in [7, 11) is 1.29. The predicted molar refractivity (Wildman–Crippen MR) is 204 cm³/mol. The van der Waals surface area contributed by atoms with Gasteiger partial charge in [0.1, 0.15) is 24.1 Å². The molecule has 5 aromatic rings. The number of halogens is 2. The number of nitrogens with one attached hydrogen (secondary N) is 3. The number of esters is 1. The normalized spacial score (nSPS) is 16.4. The summed E-state index contributed by atoms with van der Waals surface area (Å²) >= 11 is 12.3. The van der Waals surface area contributed by atoms with E-state index >= 15 is 0 Å². The van der Waals surface area contributed by atoms with Gasteiger partial charge in [0.15, 0.2) is 0 Å². The van der Waals surface area contributed by atoms with Gasteiger partial charge in [-0.3, -0.25) is 9.59 Å². The summed E-state index contributed by atoms with van der Waals surface area (Å²) in [5.41, 5.74) is 7.09. The van der Waals surface area contributed by atoms with E-state index in [0.29, 0.717) is 51.3 Å². The lowest BCUT2D eigenvalue weighted by atomic mass is 9.93. The van der Waals surface area contributed by atoms with Crippen molar-refractivity contribution in [2.24, 2.45) is 0 Å². The molecule has 5 aromatic carbocycles. The topological polar surface area (TPSA) is 139 Å². The van der Waals surface area contributed by atoms with Crippen LogP contribution in [0.4, 0.5) is 5.69 Å². The van der Waals surface area contributed by atoms with Crippen molar-refractivity contribution in [1.29, 1.82) is 5.26 Å². The molecule has 12 heteroatoms. The molecule has 54 heavy (non-hydrogen) atoms. The zero-order valence-electron chi connectivity index (χ0n) is 29.0. The van der Waals surface area contributed by atoms with E-state index < -0.39 is 24.2 Å². The maximum atomic E-state index is 13.5. The Bertz CT molecular complexity index is 2260. The molecular formula is C42H34Cl2N4O6. The van der Waals surface area contributed by atoms with Crippen molar-refractivity contribution in [3.05, 3.63) is 147 Å². The Balaban J connectivity index is 0.973. The second-order valence-electron chi connectivity index (χ2n) is 13.0. The van der Waals surface area contributed by atoms with E-state index in [1.165, 1.54) is 7.11 Å².